The van der Waals surface area contributed by atoms with Crippen molar-refractivity contribution in [1.29, 1.82) is 0 Å². The van der Waals surface area contributed by atoms with Gasteiger partial charge in [-0.3, -0.25) is 14.6 Å². The molecule has 2 amide bonds. The highest BCUT2D eigenvalue weighted by Gasteiger charge is 2.32. The molecule has 1 aromatic carbocycles. The Bertz CT molecular complexity index is 1200. The van der Waals surface area contributed by atoms with Crippen LogP contribution in [0.2, 0.25) is 0 Å². The fraction of sp³-hybridized carbons (Fsp3) is 0.292. The molecule has 34 heavy (non-hydrogen) atoms. The number of carbonyl (C=O) groups is 2. The lowest BCUT2D eigenvalue weighted by molar-refractivity contribution is -0.141. The summed E-state index contributed by atoms with van der Waals surface area (Å²) in [5.41, 5.74) is 2.84. The summed E-state index contributed by atoms with van der Waals surface area (Å²) < 4.78 is 52.2. The zero-order chi connectivity index (χ0) is 24.5. The zero-order valence-electron chi connectivity index (χ0n) is 18.2. The lowest BCUT2D eigenvalue weighted by Crippen LogP contribution is -2.40. The summed E-state index contributed by atoms with van der Waals surface area (Å²) in [4.78, 5) is 30.9. The van der Waals surface area contributed by atoms with Gasteiger partial charge in [0.25, 0.3) is 0 Å². The summed E-state index contributed by atoms with van der Waals surface area (Å²) in [6, 6.07) is 7.47. The Morgan fingerprint density at radius 2 is 1.82 bits per heavy atom. The van der Waals surface area contributed by atoms with Crippen molar-refractivity contribution >= 4 is 11.8 Å². The van der Waals surface area contributed by atoms with E-state index in [1.807, 2.05) is 0 Å². The number of H-pyrrole nitrogens is 1. The fourth-order valence-electron chi connectivity index (χ4n) is 4.04. The first kappa shape index (κ1) is 23.5. The van der Waals surface area contributed by atoms with Gasteiger partial charge in [-0.25, -0.2) is 4.39 Å². The minimum absolute atomic E-state index is 0.0986. The van der Waals surface area contributed by atoms with Gasteiger partial charge in [-0.05, 0) is 72.9 Å². The standard InChI is InChI=1S/C24H22F4N4O2/c1-13-17(7-9-20(33)31-18-10-11-29-23(18)34)22(14-2-5-16(25)6-3-14)32-21(13)15-4-8-19(30-12-15)24(26,27)28/h2-6,8,12,18,32H,7,9-11H2,1H3,(H,29,34)(H,31,33). The molecule has 1 fully saturated rings. The van der Waals surface area contributed by atoms with Crippen LogP contribution in [-0.4, -0.2) is 34.4 Å². The summed E-state index contributed by atoms with van der Waals surface area (Å²) in [5, 5.41) is 5.38. The predicted molar refractivity (Wildman–Crippen MR) is 117 cm³/mol. The van der Waals surface area contributed by atoms with Gasteiger partial charge >= 0.3 is 6.18 Å². The highest BCUT2D eigenvalue weighted by Crippen LogP contribution is 2.35. The molecule has 0 radical (unpaired) electrons. The third-order valence-electron chi connectivity index (χ3n) is 5.84. The number of aromatic nitrogens is 2. The van der Waals surface area contributed by atoms with Crippen molar-refractivity contribution in [2.75, 3.05) is 6.54 Å². The molecule has 1 atom stereocenters. The van der Waals surface area contributed by atoms with Crippen LogP contribution in [0.5, 0.6) is 0 Å². The van der Waals surface area contributed by atoms with Crippen molar-refractivity contribution in [1.82, 2.24) is 20.6 Å². The van der Waals surface area contributed by atoms with E-state index in [0.29, 0.717) is 41.9 Å². The number of nitrogens with zero attached hydrogens (tertiary/aromatic N) is 1. The van der Waals surface area contributed by atoms with Gasteiger partial charge < -0.3 is 15.6 Å². The number of pyridine rings is 1. The fourth-order valence-corrected chi connectivity index (χ4v) is 4.04. The lowest BCUT2D eigenvalue weighted by atomic mass is 9.99. The van der Waals surface area contributed by atoms with Gasteiger partial charge in [-0.2, -0.15) is 13.2 Å². The maximum Gasteiger partial charge on any atom is 0.433 e. The molecule has 3 heterocycles. The Hall–Kier alpha value is -3.69. The summed E-state index contributed by atoms with van der Waals surface area (Å²) in [5.74, 6) is -0.907. The first-order valence-electron chi connectivity index (χ1n) is 10.7. The second-order valence-electron chi connectivity index (χ2n) is 8.12. The number of hydrogen-bond donors (Lipinski definition) is 3. The van der Waals surface area contributed by atoms with Crippen molar-refractivity contribution in [3.8, 4) is 22.5 Å². The molecule has 4 rings (SSSR count). The van der Waals surface area contributed by atoms with Crippen LogP contribution in [0.4, 0.5) is 17.6 Å². The number of nitrogens with one attached hydrogen (secondary N) is 3. The molecule has 1 aliphatic rings. The molecular weight excluding hydrogens is 452 g/mol. The van der Waals surface area contributed by atoms with E-state index in [0.717, 1.165) is 23.4 Å². The maximum absolute atomic E-state index is 13.5. The van der Waals surface area contributed by atoms with Crippen molar-refractivity contribution in [3.05, 3.63) is 65.2 Å². The van der Waals surface area contributed by atoms with Gasteiger partial charge in [0.2, 0.25) is 11.8 Å². The molecule has 0 aliphatic carbocycles. The Morgan fingerprint density at radius 1 is 1.12 bits per heavy atom. The van der Waals surface area contributed by atoms with Crippen LogP contribution in [-0.2, 0) is 22.2 Å². The van der Waals surface area contributed by atoms with E-state index in [4.69, 9.17) is 0 Å². The normalized spacial score (nSPS) is 15.9. The van der Waals surface area contributed by atoms with Gasteiger partial charge in [0.05, 0.1) is 5.69 Å². The first-order valence-corrected chi connectivity index (χ1v) is 10.7. The maximum atomic E-state index is 13.5. The average Bonchev–Trinajstić information content (AvgIpc) is 3.35. The van der Waals surface area contributed by atoms with E-state index in [1.165, 1.54) is 18.2 Å². The monoisotopic (exact) mass is 474 g/mol. The molecule has 3 aromatic rings. The Labute approximate surface area is 192 Å². The minimum atomic E-state index is -4.54. The van der Waals surface area contributed by atoms with Crippen LogP contribution < -0.4 is 10.6 Å². The minimum Gasteiger partial charge on any atom is -0.354 e. The molecular formula is C24H22F4N4O2. The lowest BCUT2D eigenvalue weighted by Gasteiger charge is -2.11. The van der Waals surface area contributed by atoms with Crippen molar-refractivity contribution < 1.29 is 27.2 Å². The van der Waals surface area contributed by atoms with E-state index in [2.05, 4.69) is 20.6 Å². The van der Waals surface area contributed by atoms with E-state index in [1.54, 1.807) is 19.1 Å². The highest BCUT2D eigenvalue weighted by molar-refractivity contribution is 5.89. The number of benzene rings is 1. The summed E-state index contributed by atoms with van der Waals surface area (Å²) in [6.45, 7) is 2.31. The number of halogens is 4. The molecule has 178 valence electrons. The molecule has 10 heteroatoms. The van der Waals surface area contributed by atoms with Crippen molar-refractivity contribution in [2.24, 2.45) is 0 Å². The molecule has 1 saturated heterocycles. The third kappa shape index (κ3) is 4.95. The van der Waals surface area contributed by atoms with E-state index < -0.39 is 23.7 Å². The summed E-state index contributed by atoms with van der Waals surface area (Å²) >= 11 is 0. The SMILES string of the molecule is Cc1c(-c2ccc(C(F)(F)F)nc2)[nH]c(-c2ccc(F)cc2)c1CCC(=O)NC1CCNC1=O. The number of alkyl halides is 3. The predicted octanol–water partition coefficient (Wildman–Crippen LogP) is 4.15. The van der Waals surface area contributed by atoms with Gasteiger partial charge in [-0.1, -0.05) is 0 Å². The van der Waals surface area contributed by atoms with Crippen molar-refractivity contribution in [3.63, 3.8) is 0 Å². The Balaban J connectivity index is 1.63. The molecule has 0 spiro atoms. The topological polar surface area (TPSA) is 86.9 Å². The average molecular weight is 474 g/mol. The van der Waals surface area contributed by atoms with Gasteiger partial charge in [0.1, 0.15) is 17.6 Å². The highest BCUT2D eigenvalue weighted by atomic mass is 19.4. The third-order valence-corrected chi connectivity index (χ3v) is 5.84. The summed E-state index contributed by atoms with van der Waals surface area (Å²) in [7, 11) is 0. The zero-order valence-corrected chi connectivity index (χ0v) is 18.2. The Morgan fingerprint density at radius 3 is 2.41 bits per heavy atom. The second-order valence-corrected chi connectivity index (χ2v) is 8.12. The van der Waals surface area contributed by atoms with Crippen LogP contribution >= 0.6 is 0 Å². The number of hydrogen-bond acceptors (Lipinski definition) is 3. The van der Waals surface area contributed by atoms with Crippen molar-refractivity contribution in [2.45, 2.75) is 38.4 Å². The van der Waals surface area contributed by atoms with Crippen LogP contribution in [0.25, 0.3) is 22.5 Å². The molecule has 0 bridgehead atoms. The molecule has 2 aromatic heterocycles. The number of amides is 2. The van der Waals surface area contributed by atoms with E-state index in [9.17, 15) is 27.2 Å². The molecule has 3 N–H and O–H groups in total. The largest absolute Gasteiger partial charge is 0.433 e. The number of aromatic amines is 1. The number of rotatable bonds is 6. The molecule has 0 saturated carbocycles. The first-order chi connectivity index (χ1) is 16.1. The van der Waals surface area contributed by atoms with Crippen LogP contribution in [0.1, 0.15) is 29.7 Å². The molecule has 1 unspecified atom stereocenters. The smallest absolute Gasteiger partial charge is 0.354 e. The quantitative estimate of drug-likeness (QED) is 0.469. The van der Waals surface area contributed by atoms with Gasteiger partial charge in [0, 0.05) is 30.4 Å². The molecule has 6 nitrogen and oxygen atoms in total. The van der Waals surface area contributed by atoms with Gasteiger partial charge in [0.15, 0.2) is 0 Å². The second kappa shape index (κ2) is 9.28. The van der Waals surface area contributed by atoms with E-state index >= 15 is 0 Å². The molecule has 1 aliphatic heterocycles. The van der Waals surface area contributed by atoms with Crippen LogP contribution in [0, 0.1) is 12.7 Å². The van der Waals surface area contributed by atoms with Gasteiger partial charge in [-0.15, -0.1) is 0 Å². The van der Waals surface area contributed by atoms with Crippen LogP contribution in [0.15, 0.2) is 42.6 Å². The number of carbonyl (C=O) groups excluding carboxylic acids is 2. The van der Waals surface area contributed by atoms with Crippen LogP contribution in [0.3, 0.4) is 0 Å². The van der Waals surface area contributed by atoms with E-state index in [-0.39, 0.29) is 18.2 Å². The Kier molecular flexibility index (Phi) is 6.41. The summed E-state index contributed by atoms with van der Waals surface area (Å²) in [6.07, 6.45) is -2.47.